The van der Waals surface area contributed by atoms with Crippen LogP contribution in [0.3, 0.4) is 0 Å². The van der Waals surface area contributed by atoms with Gasteiger partial charge in [0.05, 0.1) is 0 Å². The maximum atomic E-state index is 11.7. The summed E-state index contributed by atoms with van der Waals surface area (Å²) in [5.74, 6) is 0.340. The molecule has 3 heteroatoms. The van der Waals surface area contributed by atoms with E-state index in [4.69, 9.17) is 0 Å². The molecule has 0 radical (unpaired) electrons. The molecule has 14 heavy (non-hydrogen) atoms. The Labute approximate surface area is 86.9 Å². The molecule has 0 bridgehead atoms. The van der Waals surface area contributed by atoms with Crippen LogP contribution in [0.25, 0.3) is 0 Å². The molecule has 1 aliphatic heterocycles. The van der Waals surface area contributed by atoms with Gasteiger partial charge >= 0.3 is 0 Å². The fourth-order valence-electron chi connectivity index (χ4n) is 1.84. The van der Waals surface area contributed by atoms with Crippen LogP contribution in [-0.2, 0) is 4.79 Å². The molecule has 1 atom stereocenters. The average molecular weight is 198 g/mol. The predicted octanol–water partition coefficient (Wildman–Crippen LogP) is 1.39. The van der Waals surface area contributed by atoms with Crippen LogP contribution in [0, 0.1) is 0 Å². The van der Waals surface area contributed by atoms with E-state index in [1.54, 1.807) is 0 Å². The van der Waals surface area contributed by atoms with Gasteiger partial charge in [0, 0.05) is 32.1 Å². The zero-order valence-electron chi connectivity index (χ0n) is 9.38. The minimum absolute atomic E-state index is 0.340. The van der Waals surface area contributed by atoms with Gasteiger partial charge in [-0.3, -0.25) is 4.79 Å². The highest BCUT2D eigenvalue weighted by Gasteiger charge is 2.19. The number of nitrogens with one attached hydrogen (secondary N) is 1. The summed E-state index contributed by atoms with van der Waals surface area (Å²) in [4.78, 5) is 13.7. The summed E-state index contributed by atoms with van der Waals surface area (Å²) in [6.45, 7) is 7.00. The number of amides is 1. The molecule has 1 rings (SSSR count). The zero-order valence-corrected chi connectivity index (χ0v) is 9.38. The van der Waals surface area contributed by atoms with Crippen LogP contribution in [0.4, 0.5) is 0 Å². The molecule has 1 aliphatic rings. The fraction of sp³-hybridized carbons (Fsp3) is 0.909. The van der Waals surface area contributed by atoms with Gasteiger partial charge in [0.15, 0.2) is 0 Å². The van der Waals surface area contributed by atoms with Gasteiger partial charge in [-0.2, -0.15) is 0 Å². The van der Waals surface area contributed by atoms with Gasteiger partial charge in [0.1, 0.15) is 0 Å². The third-order valence-electron chi connectivity index (χ3n) is 2.72. The minimum Gasteiger partial charge on any atom is -0.340 e. The zero-order chi connectivity index (χ0) is 10.4. The van der Waals surface area contributed by atoms with Gasteiger partial charge in [-0.05, 0) is 13.3 Å². The second-order valence-corrected chi connectivity index (χ2v) is 4.15. The summed E-state index contributed by atoms with van der Waals surface area (Å²) in [7, 11) is 0. The van der Waals surface area contributed by atoms with Crippen molar-refractivity contribution in [3.05, 3.63) is 0 Å². The third kappa shape index (κ3) is 3.66. The number of carbonyl (C=O) groups excluding carboxylic acids is 1. The maximum Gasteiger partial charge on any atom is 0.222 e. The van der Waals surface area contributed by atoms with Crippen molar-refractivity contribution in [1.82, 2.24) is 10.2 Å². The first-order valence-corrected chi connectivity index (χ1v) is 5.75. The van der Waals surface area contributed by atoms with Gasteiger partial charge in [-0.15, -0.1) is 0 Å². The summed E-state index contributed by atoms with van der Waals surface area (Å²) in [6.07, 6.45) is 4.15. The van der Waals surface area contributed by atoms with Gasteiger partial charge in [0.25, 0.3) is 0 Å². The first-order chi connectivity index (χ1) is 6.74. The van der Waals surface area contributed by atoms with Crippen molar-refractivity contribution >= 4 is 5.91 Å². The van der Waals surface area contributed by atoms with Gasteiger partial charge in [-0.25, -0.2) is 0 Å². The van der Waals surface area contributed by atoms with Crippen LogP contribution < -0.4 is 5.32 Å². The smallest absolute Gasteiger partial charge is 0.222 e. The largest absolute Gasteiger partial charge is 0.340 e. The minimum atomic E-state index is 0.340. The molecule has 0 aromatic carbocycles. The Hall–Kier alpha value is -0.570. The van der Waals surface area contributed by atoms with Crippen LogP contribution in [0.2, 0.25) is 0 Å². The van der Waals surface area contributed by atoms with Crippen molar-refractivity contribution in [1.29, 1.82) is 0 Å². The predicted molar refractivity (Wildman–Crippen MR) is 58.2 cm³/mol. The Morgan fingerprint density at radius 2 is 2.29 bits per heavy atom. The van der Waals surface area contributed by atoms with E-state index in [-0.39, 0.29) is 0 Å². The normalized spacial score (nSPS) is 22.4. The lowest BCUT2D eigenvalue weighted by Crippen LogP contribution is -2.51. The van der Waals surface area contributed by atoms with Gasteiger partial charge in [0.2, 0.25) is 5.91 Å². The van der Waals surface area contributed by atoms with E-state index in [9.17, 15) is 4.79 Å². The van der Waals surface area contributed by atoms with Crippen molar-refractivity contribution in [2.75, 3.05) is 19.6 Å². The lowest BCUT2D eigenvalue weighted by atomic mass is 10.1. The van der Waals surface area contributed by atoms with E-state index >= 15 is 0 Å². The van der Waals surface area contributed by atoms with Crippen LogP contribution >= 0.6 is 0 Å². The lowest BCUT2D eigenvalue weighted by Gasteiger charge is -2.32. The average Bonchev–Trinajstić information content (AvgIpc) is 2.18. The Morgan fingerprint density at radius 1 is 1.50 bits per heavy atom. The summed E-state index contributed by atoms with van der Waals surface area (Å²) in [6, 6.07) is 0.457. The Bertz CT molecular complexity index is 182. The Balaban J connectivity index is 2.22. The number of carbonyl (C=O) groups is 1. The molecule has 1 heterocycles. The molecule has 1 unspecified atom stereocenters. The number of nitrogens with zero attached hydrogens (tertiary/aromatic N) is 1. The Kier molecular flexibility index (Phi) is 4.94. The molecule has 1 amide bonds. The van der Waals surface area contributed by atoms with E-state index in [0.717, 1.165) is 32.5 Å². The van der Waals surface area contributed by atoms with Gasteiger partial charge in [-0.1, -0.05) is 19.8 Å². The quantitative estimate of drug-likeness (QED) is 0.692. The lowest BCUT2D eigenvalue weighted by molar-refractivity contribution is -0.132. The van der Waals surface area contributed by atoms with Crippen LogP contribution in [0.15, 0.2) is 0 Å². The van der Waals surface area contributed by atoms with E-state index < -0.39 is 0 Å². The van der Waals surface area contributed by atoms with E-state index in [1.165, 1.54) is 12.8 Å². The molecule has 0 aromatic rings. The fourth-order valence-corrected chi connectivity index (χ4v) is 1.84. The molecule has 1 fully saturated rings. The molecular formula is C11H22N2O. The van der Waals surface area contributed by atoms with E-state index in [1.807, 2.05) is 4.90 Å². The first kappa shape index (κ1) is 11.5. The van der Waals surface area contributed by atoms with Crippen LogP contribution in [0.1, 0.15) is 39.5 Å². The number of unbranched alkanes of at least 4 members (excludes halogenated alkanes) is 2. The highest BCUT2D eigenvalue weighted by Crippen LogP contribution is 2.05. The number of piperazine rings is 1. The van der Waals surface area contributed by atoms with Crippen LogP contribution in [0.5, 0.6) is 0 Å². The second kappa shape index (κ2) is 6.02. The number of hydrogen-bond acceptors (Lipinski definition) is 2. The van der Waals surface area contributed by atoms with Gasteiger partial charge < -0.3 is 10.2 Å². The molecule has 1 N–H and O–H groups in total. The highest BCUT2D eigenvalue weighted by molar-refractivity contribution is 5.76. The molecule has 3 nitrogen and oxygen atoms in total. The third-order valence-corrected chi connectivity index (χ3v) is 2.72. The van der Waals surface area contributed by atoms with Crippen LogP contribution in [-0.4, -0.2) is 36.5 Å². The van der Waals surface area contributed by atoms with Crippen molar-refractivity contribution in [3.8, 4) is 0 Å². The van der Waals surface area contributed by atoms with Crippen molar-refractivity contribution in [3.63, 3.8) is 0 Å². The second-order valence-electron chi connectivity index (χ2n) is 4.15. The molecule has 82 valence electrons. The standard InChI is InChI=1S/C11H22N2O/c1-3-4-5-6-11(14)13-8-7-12-10(2)9-13/h10,12H,3-9H2,1-2H3. The highest BCUT2D eigenvalue weighted by atomic mass is 16.2. The molecule has 1 saturated heterocycles. The molecule has 0 aromatic heterocycles. The van der Waals surface area contributed by atoms with Crippen molar-refractivity contribution in [2.45, 2.75) is 45.6 Å². The summed E-state index contributed by atoms with van der Waals surface area (Å²) < 4.78 is 0. The first-order valence-electron chi connectivity index (χ1n) is 5.75. The molecule has 0 aliphatic carbocycles. The number of hydrogen-bond donors (Lipinski definition) is 1. The summed E-state index contributed by atoms with van der Waals surface area (Å²) in [5, 5.41) is 3.34. The topological polar surface area (TPSA) is 32.3 Å². The SMILES string of the molecule is CCCCCC(=O)N1CCNC(C)C1. The maximum absolute atomic E-state index is 11.7. The van der Waals surface area contributed by atoms with Crippen molar-refractivity contribution in [2.24, 2.45) is 0 Å². The number of rotatable bonds is 4. The summed E-state index contributed by atoms with van der Waals surface area (Å²) in [5.41, 5.74) is 0. The Morgan fingerprint density at radius 3 is 2.93 bits per heavy atom. The van der Waals surface area contributed by atoms with E-state index in [0.29, 0.717) is 11.9 Å². The molecule has 0 spiro atoms. The van der Waals surface area contributed by atoms with Crippen molar-refractivity contribution < 1.29 is 4.79 Å². The molecular weight excluding hydrogens is 176 g/mol. The van der Waals surface area contributed by atoms with E-state index in [2.05, 4.69) is 19.2 Å². The summed E-state index contributed by atoms with van der Waals surface area (Å²) >= 11 is 0. The molecule has 0 saturated carbocycles. The monoisotopic (exact) mass is 198 g/mol.